The van der Waals surface area contributed by atoms with E-state index < -0.39 is 0 Å². The van der Waals surface area contributed by atoms with Crippen LogP contribution in [0.5, 0.6) is 5.75 Å². The Morgan fingerprint density at radius 3 is 2.68 bits per heavy atom. The number of nitrogens with zero attached hydrogens (tertiary/aromatic N) is 1. The third-order valence-electron chi connectivity index (χ3n) is 6.64. The van der Waals surface area contributed by atoms with Gasteiger partial charge in [0.05, 0.1) is 31.1 Å². The number of fused-ring (bicyclic) bond motifs is 1. The van der Waals surface area contributed by atoms with Gasteiger partial charge in [0.2, 0.25) is 0 Å². The average molecular weight is 501 g/mol. The average Bonchev–Trinajstić information content (AvgIpc) is 3.31. The highest BCUT2D eigenvalue weighted by Crippen LogP contribution is 2.38. The number of carbonyl (C=O) groups excluding carboxylic acids is 1. The number of carbonyl (C=O) groups is 1. The summed E-state index contributed by atoms with van der Waals surface area (Å²) in [7, 11) is 0. The molecule has 3 heterocycles. The summed E-state index contributed by atoms with van der Waals surface area (Å²) in [5, 5.41) is 3.93. The van der Waals surface area contributed by atoms with Gasteiger partial charge in [-0.3, -0.25) is 14.5 Å². The van der Waals surface area contributed by atoms with E-state index in [9.17, 15) is 9.59 Å². The molecule has 1 amide bonds. The van der Waals surface area contributed by atoms with Gasteiger partial charge < -0.3 is 24.8 Å². The van der Waals surface area contributed by atoms with Gasteiger partial charge in [0.25, 0.3) is 11.5 Å². The summed E-state index contributed by atoms with van der Waals surface area (Å²) < 4.78 is 11.0. The fraction of sp³-hybridized carbons (Fsp3) is 0.310. The summed E-state index contributed by atoms with van der Waals surface area (Å²) in [6.07, 6.45) is 2.50. The van der Waals surface area contributed by atoms with Crippen molar-refractivity contribution < 1.29 is 14.3 Å². The number of rotatable bonds is 9. The number of hydrogen-bond donors (Lipinski definition) is 3. The van der Waals surface area contributed by atoms with Gasteiger partial charge in [-0.15, -0.1) is 0 Å². The lowest BCUT2D eigenvalue weighted by atomic mass is 9.98. The molecule has 0 radical (unpaired) electrons. The lowest BCUT2D eigenvalue weighted by Crippen LogP contribution is -2.38. The van der Waals surface area contributed by atoms with Gasteiger partial charge in [0.1, 0.15) is 5.75 Å². The number of pyridine rings is 1. The number of nitrogens with one attached hydrogen (secondary N) is 3. The van der Waals surface area contributed by atoms with E-state index in [2.05, 4.69) is 20.2 Å². The van der Waals surface area contributed by atoms with Crippen molar-refractivity contribution in [2.24, 2.45) is 0 Å². The molecule has 0 aliphatic carbocycles. The number of morpholine rings is 1. The van der Waals surface area contributed by atoms with Crippen LogP contribution in [0.3, 0.4) is 0 Å². The van der Waals surface area contributed by atoms with Crippen molar-refractivity contribution in [3.8, 4) is 28.1 Å². The fourth-order valence-electron chi connectivity index (χ4n) is 4.77. The maximum atomic E-state index is 13.0. The molecule has 3 N–H and O–H groups in total. The number of H-pyrrole nitrogens is 2. The number of aromatic nitrogens is 2. The summed E-state index contributed by atoms with van der Waals surface area (Å²) >= 11 is 0. The molecule has 0 spiro atoms. The minimum Gasteiger partial charge on any atom is -0.494 e. The van der Waals surface area contributed by atoms with E-state index >= 15 is 0 Å². The minimum absolute atomic E-state index is 0.109. The molecule has 1 aliphatic rings. The molecule has 2 aromatic heterocycles. The molecule has 1 fully saturated rings. The van der Waals surface area contributed by atoms with Gasteiger partial charge in [0.15, 0.2) is 0 Å². The first kappa shape index (κ1) is 24.8. The molecule has 1 saturated heterocycles. The fourth-order valence-corrected chi connectivity index (χ4v) is 4.77. The molecule has 8 nitrogen and oxygen atoms in total. The number of aromatic amines is 2. The van der Waals surface area contributed by atoms with Crippen LogP contribution in [0.2, 0.25) is 0 Å². The van der Waals surface area contributed by atoms with Crippen molar-refractivity contribution in [1.82, 2.24) is 20.2 Å². The molecule has 192 valence electrons. The second-order valence-electron chi connectivity index (χ2n) is 9.07. The molecule has 8 heteroatoms. The molecule has 0 saturated carbocycles. The van der Waals surface area contributed by atoms with Crippen LogP contribution < -0.4 is 15.6 Å². The van der Waals surface area contributed by atoms with Crippen LogP contribution in [-0.4, -0.2) is 66.8 Å². The predicted octanol–water partition coefficient (Wildman–Crippen LogP) is 4.04. The Kier molecular flexibility index (Phi) is 7.67. The van der Waals surface area contributed by atoms with Crippen molar-refractivity contribution >= 4 is 16.8 Å². The molecule has 2 aromatic carbocycles. The van der Waals surface area contributed by atoms with Crippen LogP contribution in [0.1, 0.15) is 23.7 Å². The van der Waals surface area contributed by atoms with Crippen LogP contribution in [0.4, 0.5) is 0 Å². The van der Waals surface area contributed by atoms with E-state index in [1.807, 2.05) is 49.4 Å². The van der Waals surface area contributed by atoms with Crippen LogP contribution in [0.25, 0.3) is 33.3 Å². The third kappa shape index (κ3) is 5.60. The lowest BCUT2D eigenvalue weighted by molar-refractivity contribution is 0.0374. The Balaban J connectivity index is 1.44. The molecule has 0 bridgehead atoms. The molecule has 4 aromatic rings. The van der Waals surface area contributed by atoms with Gasteiger partial charge in [0, 0.05) is 47.9 Å². The van der Waals surface area contributed by atoms with Gasteiger partial charge in [-0.2, -0.15) is 0 Å². The van der Waals surface area contributed by atoms with Crippen LogP contribution in [0.15, 0.2) is 65.6 Å². The molecule has 37 heavy (non-hydrogen) atoms. The highest BCUT2D eigenvalue weighted by molar-refractivity contribution is 6.07. The zero-order valence-corrected chi connectivity index (χ0v) is 21.0. The van der Waals surface area contributed by atoms with E-state index in [-0.39, 0.29) is 11.5 Å². The lowest BCUT2D eigenvalue weighted by Gasteiger charge is -2.26. The van der Waals surface area contributed by atoms with Gasteiger partial charge in [-0.1, -0.05) is 12.1 Å². The summed E-state index contributed by atoms with van der Waals surface area (Å²) in [6, 6.07) is 17.0. The summed E-state index contributed by atoms with van der Waals surface area (Å²) in [5.74, 6) is 0.671. The number of amides is 1. The first-order chi connectivity index (χ1) is 18.1. The number of ether oxygens (including phenoxy) is 2. The van der Waals surface area contributed by atoms with Crippen LogP contribution in [0, 0.1) is 0 Å². The maximum Gasteiger partial charge on any atom is 0.257 e. The summed E-state index contributed by atoms with van der Waals surface area (Å²) in [5.41, 5.74) is 4.30. The molecule has 0 unspecified atom stereocenters. The van der Waals surface area contributed by atoms with Crippen molar-refractivity contribution in [1.29, 1.82) is 0 Å². The highest BCUT2D eigenvalue weighted by atomic mass is 16.5. The van der Waals surface area contributed by atoms with Crippen molar-refractivity contribution in [2.75, 3.05) is 46.0 Å². The van der Waals surface area contributed by atoms with E-state index in [0.29, 0.717) is 30.0 Å². The van der Waals surface area contributed by atoms with Crippen LogP contribution in [-0.2, 0) is 4.74 Å². The Bertz CT molecular complexity index is 1420. The first-order valence-electron chi connectivity index (χ1n) is 12.8. The zero-order chi connectivity index (χ0) is 25.6. The molecular formula is C29H32N4O4. The smallest absolute Gasteiger partial charge is 0.257 e. The molecule has 1 aliphatic heterocycles. The third-order valence-corrected chi connectivity index (χ3v) is 6.64. The second-order valence-corrected chi connectivity index (χ2v) is 9.07. The summed E-state index contributed by atoms with van der Waals surface area (Å²) in [6.45, 7) is 7.52. The topological polar surface area (TPSA) is 99.5 Å². The standard InChI is InChI=1S/C29H32N4O4/c1-2-37-22-9-6-20(7-10-22)26-24-19-21(28(34)30-13-4-14-33-15-17-36-18-16-33)8-11-25(24)32-27(26)23-5-3-12-31-29(23)35/h3,5-12,19,32H,2,4,13-18H2,1H3,(H,30,34)(H,31,35). The number of hydrogen-bond acceptors (Lipinski definition) is 5. The van der Waals surface area contributed by atoms with E-state index in [1.54, 1.807) is 18.3 Å². The van der Waals surface area contributed by atoms with Gasteiger partial charge >= 0.3 is 0 Å². The van der Waals surface area contributed by atoms with E-state index in [4.69, 9.17) is 9.47 Å². The van der Waals surface area contributed by atoms with Crippen molar-refractivity contribution in [3.05, 3.63) is 76.7 Å². The molecular weight excluding hydrogens is 468 g/mol. The minimum atomic E-state index is -0.181. The SMILES string of the molecule is CCOc1ccc(-c2c(-c3ccc[nH]c3=O)[nH]c3ccc(C(=O)NCCCN4CCOCC4)cc23)cc1. The Labute approximate surface area is 215 Å². The number of benzene rings is 2. The van der Waals surface area contributed by atoms with Gasteiger partial charge in [-0.25, -0.2) is 0 Å². The molecule has 0 atom stereocenters. The van der Waals surface area contributed by atoms with E-state index in [0.717, 1.165) is 67.0 Å². The Morgan fingerprint density at radius 2 is 1.92 bits per heavy atom. The second kappa shape index (κ2) is 11.5. The Morgan fingerprint density at radius 1 is 1.11 bits per heavy atom. The monoisotopic (exact) mass is 500 g/mol. The largest absolute Gasteiger partial charge is 0.494 e. The van der Waals surface area contributed by atoms with Crippen molar-refractivity contribution in [3.63, 3.8) is 0 Å². The Hall–Kier alpha value is -3.88. The summed E-state index contributed by atoms with van der Waals surface area (Å²) in [4.78, 5) is 34.2. The predicted molar refractivity (Wildman–Crippen MR) is 145 cm³/mol. The first-order valence-corrected chi connectivity index (χ1v) is 12.8. The van der Waals surface area contributed by atoms with Gasteiger partial charge in [-0.05, 0) is 67.9 Å². The van der Waals surface area contributed by atoms with E-state index in [1.165, 1.54) is 0 Å². The zero-order valence-electron chi connectivity index (χ0n) is 21.0. The van der Waals surface area contributed by atoms with Crippen molar-refractivity contribution in [2.45, 2.75) is 13.3 Å². The highest BCUT2D eigenvalue weighted by Gasteiger charge is 2.19. The quantitative estimate of drug-likeness (QED) is 0.301. The van der Waals surface area contributed by atoms with Crippen LogP contribution >= 0.6 is 0 Å². The molecule has 5 rings (SSSR count). The normalized spacial score (nSPS) is 14.1. The maximum absolute atomic E-state index is 13.0.